The summed E-state index contributed by atoms with van der Waals surface area (Å²) in [5.41, 5.74) is 4.87. The van der Waals surface area contributed by atoms with Crippen molar-refractivity contribution in [3.05, 3.63) is 35.8 Å². The van der Waals surface area contributed by atoms with Crippen molar-refractivity contribution >= 4 is 0 Å². The van der Waals surface area contributed by atoms with Crippen molar-refractivity contribution in [3.63, 3.8) is 0 Å². The lowest BCUT2D eigenvalue weighted by molar-refractivity contribution is 0.511. The summed E-state index contributed by atoms with van der Waals surface area (Å²) in [6.45, 7) is 0. The van der Waals surface area contributed by atoms with Gasteiger partial charge in [0.05, 0.1) is 5.69 Å². The zero-order valence-corrected chi connectivity index (χ0v) is 9.48. The molecule has 0 spiro atoms. The monoisotopic (exact) mass is 226 g/mol. The molecule has 0 aliphatic carbocycles. The van der Waals surface area contributed by atoms with Crippen molar-refractivity contribution in [3.8, 4) is 11.3 Å². The Labute approximate surface area is 99.5 Å². The molecule has 4 rings (SSSR count). The fourth-order valence-corrected chi connectivity index (χ4v) is 3.09. The first-order chi connectivity index (χ1) is 8.42. The molecule has 1 fully saturated rings. The van der Waals surface area contributed by atoms with Gasteiger partial charge in [-0.1, -0.05) is 0 Å². The molecule has 2 aliphatic heterocycles. The number of aromatic amines is 1. The molecule has 4 nitrogen and oxygen atoms in total. The van der Waals surface area contributed by atoms with Gasteiger partial charge in [0, 0.05) is 47.7 Å². The summed E-state index contributed by atoms with van der Waals surface area (Å²) in [6, 6.07) is 5.17. The number of fused-ring (bicyclic) bond motifs is 4. The standard InChI is InChI=1S/C13H14N4/c1-2-8(7-14-5-1)13-12-10-4-3-9(15-10)6-11(12)16-17-13/h1-2,5,7,9-10,15H,3-4,6H2,(H,16,17). The lowest BCUT2D eigenvalue weighted by Crippen LogP contribution is -2.31. The van der Waals surface area contributed by atoms with E-state index >= 15 is 0 Å². The summed E-state index contributed by atoms with van der Waals surface area (Å²) in [5.74, 6) is 0. The van der Waals surface area contributed by atoms with E-state index < -0.39 is 0 Å². The summed E-state index contributed by atoms with van der Waals surface area (Å²) in [5, 5.41) is 11.4. The van der Waals surface area contributed by atoms with Gasteiger partial charge in [-0.25, -0.2) is 0 Å². The maximum absolute atomic E-state index is 4.48. The van der Waals surface area contributed by atoms with Crippen molar-refractivity contribution in [1.29, 1.82) is 0 Å². The van der Waals surface area contributed by atoms with Crippen molar-refractivity contribution in [2.45, 2.75) is 31.3 Å². The Morgan fingerprint density at radius 1 is 1.29 bits per heavy atom. The van der Waals surface area contributed by atoms with Crippen LogP contribution in [0.15, 0.2) is 24.5 Å². The van der Waals surface area contributed by atoms with E-state index in [9.17, 15) is 0 Å². The second kappa shape index (κ2) is 3.40. The Bertz CT molecular complexity index is 546. The summed E-state index contributed by atoms with van der Waals surface area (Å²) in [6.07, 6.45) is 7.27. The average Bonchev–Trinajstić information content (AvgIpc) is 2.96. The number of hydrogen-bond acceptors (Lipinski definition) is 3. The van der Waals surface area contributed by atoms with Gasteiger partial charge in [0.2, 0.25) is 0 Å². The van der Waals surface area contributed by atoms with Crippen LogP contribution >= 0.6 is 0 Å². The van der Waals surface area contributed by atoms with Gasteiger partial charge >= 0.3 is 0 Å². The van der Waals surface area contributed by atoms with E-state index in [2.05, 4.69) is 26.6 Å². The molecule has 2 aromatic heterocycles. The van der Waals surface area contributed by atoms with E-state index in [4.69, 9.17) is 0 Å². The fraction of sp³-hybridized carbons (Fsp3) is 0.385. The zero-order chi connectivity index (χ0) is 11.2. The average molecular weight is 226 g/mol. The predicted molar refractivity (Wildman–Crippen MR) is 64.4 cm³/mol. The first-order valence-electron chi connectivity index (χ1n) is 6.15. The van der Waals surface area contributed by atoms with E-state index in [1.54, 1.807) is 6.20 Å². The van der Waals surface area contributed by atoms with Crippen LogP contribution in [0.2, 0.25) is 0 Å². The largest absolute Gasteiger partial charge is 0.307 e. The number of nitrogens with one attached hydrogen (secondary N) is 2. The molecule has 2 bridgehead atoms. The highest BCUT2D eigenvalue weighted by molar-refractivity contribution is 5.64. The van der Waals surface area contributed by atoms with E-state index in [0.29, 0.717) is 12.1 Å². The quantitative estimate of drug-likeness (QED) is 0.780. The molecule has 2 atom stereocenters. The van der Waals surface area contributed by atoms with Crippen LogP contribution in [0.5, 0.6) is 0 Å². The van der Waals surface area contributed by atoms with Crippen LogP contribution in [0.25, 0.3) is 11.3 Å². The third kappa shape index (κ3) is 1.34. The van der Waals surface area contributed by atoms with E-state index in [-0.39, 0.29) is 0 Å². The van der Waals surface area contributed by atoms with Crippen LogP contribution in [0.1, 0.15) is 30.1 Å². The number of rotatable bonds is 1. The molecule has 0 amide bonds. The molecule has 4 heteroatoms. The van der Waals surface area contributed by atoms with Gasteiger partial charge in [-0.05, 0) is 25.0 Å². The molecule has 2 aromatic rings. The minimum absolute atomic E-state index is 0.484. The summed E-state index contributed by atoms with van der Waals surface area (Å²) in [4.78, 5) is 4.18. The number of aromatic nitrogens is 3. The van der Waals surface area contributed by atoms with Crippen LogP contribution in [0, 0.1) is 0 Å². The van der Waals surface area contributed by atoms with Crippen LogP contribution in [-0.4, -0.2) is 21.2 Å². The number of H-pyrrole nitrogens is 1. The van der Waals surface area contributed by atoms with Crippen molar-refractivity contribution in [2.75, 3.05) is 0 Å². The van der Waals surface area contributed by atoms with Crippen molar-refractivity contribution in [2.24, 2.45) is 0 Å². The minimum atomic E-state index is 0.484. The van der Waals surface area contributed by atoms with Gasteiger partial charge < -0.3 is 5.32 Å². The van der Waals surface area contributed by atoms with Gasteiger partial charge in [0.25, 0.3) is 0 Å². The van der Waals surface area contributed by atoms with Crippen LogP contribution in [0.3, 0.4) is 0 Å². The Morgan fingerprint density at radius 3 is 3.18 bits per heavy atom. The minimum Gasteiger partial charge on any atom is -0.307 e. The molecule has 0 saturated carbocycles. The van der Waals surface area contributed by atoms with Gasteiger partial charge in [0.15, 0.2) is 0 Å². The molecule has 1 saturated heterocycles. The van der Waals surface area contributed by atoms with Gasteiger partial charge in [-0.3, -0.25) is 10.1 Å². The highest BCUT2D eigenvalue weighted by Gasteiger charge is 2.35. The smallest absolute Gasteiger partial charge is 0.0986 e. The topological polar surface area (TPSA) is 53.6 Å². The molecule has 2 N–H and O–H groups in total. The van der Waals surface area contributed by atoms with E-state index in [1.165, 1.54) is 24.1 Å². The number of pyridine rings is 1. The molecular formula is C13H14N4. The molecule has 0 radical (unpaired) electrons. The number of hydrogen-bond donors (Lipinski definition) is 2. The molecule has 0 aromatic carbocycles. The van der Waals surface area contributed by atoms with Crippen molar-refractivity contribution < 1.29 is 0 Å². The van der Waals surface area contributed by atoms with Crippen molar-refractivity contribution in [1.82, 2.24) is 20.5 Å². The van der Waals surface area contributed by atoms with E-state index in [1.807, 2.05) is 12.3 Å². The molecule has 86 valence electrons. The summed E-state index contributed by atoms with van der Waals surface area (Å²) < 4.78 is 0. The maximum atomic E-state index is 4.48. The third-order valence-corrected chi connectivity index (χ3v) is 3.86. The van der Waals surface area contributed by atoms with Gasteiger partial charge in [-0.15, -0.1) is 0 Å². The zero-order valence-electron chi connectivity index (χ0n) is 9.48. The fourth-order valence-electron chi connectivity index (χ4n) is 3.09. The normalized spacial score (nSPS) is 25.9. The van der Waals surface area contributed by atoms with Gasteiger partial charge in [-0.2, -0.15) is 5.10 Å². The first-order valence-corrected chi connectivity index (χ1v) is 6.15. The molecule has 17 heavy (non-hydrogen) atoms. The Balaban J connectivity index is 1.87. The second-order valence-electron chi connectivity index (χ2n) is 4.90. The summed E-state index contributed by atoms with van der Waals surface area (Å²) in [7, 11) is 0. The molecule has 4 heterocycles. The van der Waals surface area contributed by atoms with Crippen LogP contribution in [-0.2, 0) is 6.42 Å². The van der Waals surface area contributed by atoms with Gasteiger partial charge in [0.1, 0.15) is 0 Å². The summed E-state index contributed by atoms with van der Waals surface area (Å²) >= 11 is 0. The lowest BCUT2D eigenvalue weighted by Gasteiger charge is -2.21. The first kappa shape index (κ1) is 9.36. The Kier molecular flexibility index (Phi) is 1.87. The molecule has 2 unspecified atom stereocenters. The molecular weight excluding hydrogens is 212 g/mol. The van der Waals surface area contributed by atoms with E-state index in [0.717, 1.165) is 17.7 Å². The second-order valence-corrected chi connectivity index (χ2v) is 4.90. The highest BCUT2D eigenvalue weighted by Crippen LogP contribution is 2.39. The highest BCUT2D eigenvalue weighted by atomic mass is 15.2. The predicted octanol–water partition coefficient (Wildman–Crippen LogP) is 1.82. The molecule has 2 aliphatic rings. The van der Waals surface area contributed by atoms with Crippen LogP contribution in [0.4, 0.5) is 0 Å². The van der Waals surface area contributed by atoms with Crippen LogP contribution < -0.4 is 5.32 Å². The SMILES string of the molecule is c1cncc(-c2n[nH]c3c2C2CCC(C3)N2)c1. The number of nitrogens with zero attached hydrogens (tertiary/aromatic N) is 2. The Morgan fingerprint density at radius 2 is 2.29 bits per heavy atom. The lowest BCUT2D eigenvalue weighted by atomic mass is 9.97. The maximum Gasteiger partial charge on any atom is 0.0986 e. The third-order valence-electron chi connectivity index (χ3n) is 3.86. The Hall–Kier alpha value is -1.68.